The number of hydrogen-bond donors (Lipinski definition) is 1. The highest BCUT2D eigenvalue weighted by molar-refractivity contribution is 7.86. The highest BCUT2D eigenvalue weighted by Crippen LogP contribution is 1.93. The predicted molar refractivity (Wildman–Crippen MR) is 46.8 cm³/mol. The predicted octanol–water partition coefficient (Wildman–Crippen LogP) is -0.676. The molecule has 0 aliphatic heterocycles. The van der Waals surface area contributed by atoms with Gasteiger partial charge in [0.15, 0.2) is 0 Å². The van der Waals surface area contributed by atoms with Crippen molar-refractivity contribution in [3.63, 3.8) is 0 Å². The standard InChI is InChI=1S/C6H14N2O3S/c1-3-4-8(5-6-11-2)12(7,9)10/h3H,1,4-6H2,2H3,(H2,7,9,10). The molecule has 0 aromatic rings. The molecule has 0 aliphatic carbocycles. The first-order valence-corrected chi connectivity index (χ1v) is 4.90. The van der Waals surface area contributed by atoms with Crippen LogP contribution in [0.1, 0.15) is 0 Å². The maximum absolute atomic E-state index is 10.8. The van der Waals surface area contributed by atoms with Crippen LogP contribution in [0.2, 0.25) is 0 Å². The normalized spacial score (nSPS) is 11.9. The molecule has 0 amide bonds. The second kappa shape index (κ2) is 5.26. The molecule has 0 spiro atoms. The van der Waals surface area contributed by atoms with Gasteiger partial charge >= 0.3 is 0 Å². The Morgan fingerprint density at radius 2 is 2.25 bits per heavy atom. The van der Waals surface area contributed by atoms with Crippen LogP contribution in [0.4, 0.5) is 0 Å². The fourth-order valence-corrected chi connectivity index (χ4v) is 1.30. The molecule has 6 heteroatoms. The van der Waals surface area contributed by atoms with Gasteiger partial charge in [0, 0.05) is 20.2 Å². The molecule has 0 fully saturated rings. The summed E-state index contributed by atoms with van der Waals surface area (Å²) in [7, 11) is -2.12. The van der Waals surface area contributed by atoms with Gasteiger partial charge in [-0.05, 0) is 0 Å². The van der Waals surface area contributed by atoms with Gasteiger partial charge in [0.25, 0.3) is 10.2 Å². The van der Waals surface area contributed by atoms with Crippen molar-refractivity contribution in [2.75, 3.05) is 26.8 Å². The topological polar surface area (TPSA) is 72.6 Å². The zero-order valence-electron chi connectivity index (χ0n) is 7.06. The van der Waals surface area contributed by atoms with Crippen LogP contribution < -0.4 is 5.14 Å². The number of nitrogens with zero attached hydrogens (tertiary/aromatic N) is 1. The number of hydrogen-bond acceptors (Lipinski definition) is 3. The first kappa shape index (κ1) is 11.6. The second-order valence-corrected chi connectivity index (χ2v) is 3.73. The lowest BCUT2D eigenvalue weighted by Crippen LogP contribution is -2.38. The van der Waals surface area contributed by atoms with Gasteiger partial charge in [-0.1, -0.05) is 6.08 Å². The summed E-state index contributed by atoms with van der Waals surface area (Å²) in [6, 6.07) is 0. The van der Waals surface area contributed by atoms with Gasteiger partial charge in [-0.15, -0.1) is 6.58 Å². The van der Waals surface area contributed by atoms with E-state index in [1.165, 1.54) is 13.2 Å². The van der Waals surface area contributed by atoms with E-state index < -0.39 is 10.2 Å². The second-order valence-electron chi connectivity index (χ2n) is 2.18. The van der Waals surface area contributed by atoms with Gasteiger partial charge in [0.05, 0.1) is 6.61 Å². The first-order valence-electron chi connectivity index (χ1n) is 3.40. The molecule has 0 unspecified atom stereocenters. The van der Waals surface area contributed by atoms with E-state index in [4.69, 9.17) is 9.88 Å². The largest absolute Gasteiger partial charge is 0.383 e. The molecule has 0 saturated heterocycles. The average molecular weight is 194 g/mol. The summed E-state index contributed by atoms with van der Waals surface area (Å²) >= 11 is 0. The lowest BCUT2D eigenvalue weighted by atomic mass is 10.6. The summed E-state index contributed by atoms with van der Waals surface area (Å²) < 4.78 is 27.5. The summed E-state index contributed by atoms with van der Waals surface area (Å²) in [5, 5.41) is 4.90. The van der Waals surface area contributed by atoms with Crippen LogP contribution >= 0.6 is 0 Å². The Morgan fingerprint density at radius 1 is 1.67 bits per heavy atom. The van der Waals surface area contributed by atoms with Crippen LogP contribution in [0.15, 0.2) is 12.7 Å². The molecule has 0 saturated carbocycles. The van der Waals surface area contributed by atoms with E-state index in [2.05, 4.69) is 6.58 Å². The van der Waals surface area contributed by atoms with Crippen LogP contribution in [0.3, 0.4) is 0 Å². The van der Waals surface area contributed by atoms with Gasteiger partial charge in [-0.2, -0.15) is 12.7 Å². The first-order chi connectivity index (χ1) is 5.52. The van der Waals surface area contributed by atoms with Crippen LogP contribution in [0.5, 0.6) is 0 Å². The quantitative estimate of drug-likeness (QED) is 0.570. The Balaban J connectivity index is 4.14. The molecule has 0 heterocycles. The third kappa shape index (κ3) is 4.45. The molecular weight excluding hydrogens is 180 g/mol. The summed E-state index contributed by atoms with van der Waals surface area (Å²) in [4.78, 5) is 0. The van der Waals surface area contributed by atoms with Gasteiger partial charge in [0.2, 0.25) is 0 Å². The smallest absolute Gasteiger partial charge is 0.277 e. The van der Waals surface area contributed by atoms with Gasteiger partial charge < -0.3 is 4.74 Å². The highest BCUT2D eigenvalue weighted by atomic mass is 32.2. The Morgan fingerprint density at radius 3 is 2.58 bits per heavy atom. The summed E-state index contributed by atoms with van der Waals surface area (Å²) in [5.74, 6) is 0. The molecular formula is C6H14N2O3S. The Hall–Kier alpha value is -0.430. The molecule has 5 nitrogen and oxygen atoms in total. The minimum absolute atomic E-state index is 0.211. The van der Waals surface area contributed by atoms with Gasteiger partial charge in [-0.3, -0.25) is 0 Å². The molecule has 0 aromatic carbocycles. The minimum atomic E-state index is -3.62. The summed E-state index contributed by atoms with van der Waals surface area (Å²) in [6.45, 7) is 4.21. The fourth-order valence-electron chi connectivity index (χ4n) is 0.660. The average Bonchev–Trinajstić information content (AvgIpc) is 1.95. The number of rotatable bonds is 6. The molecule has 0 aliphatic rings. The van der Waals surface area contributed by atoms with Crippen LogP contribution in [-0.2, 0) is 14.9 Å². The number of ether oxygens (including phenoxy) is 1. The lowest BCUT2D eigenvalue weighted by Gasteiger charge is -2.16. The van der Waals surface area contributed by atoms with Crippen LogP contribution in [0.25, 0.3) is 0 Å². The van der Waals surface area contributed by atoms with Crippen molar-refractivity contribution in [3.05, 3.63) is 12.7 Å². The molecule has 0 atom stereocenters. The van der Waals surface area contributed by atoms with Crippen molar-refractivity contribution in [2.45, 2.75) is 0 Å². The molecule has 0 radical (unpaired) electrons. The molecule has 2 N–H and O–H groups in total. The molecule has 0 aromatic heterocycles. The molecule has 0 bridgehead atoms. The molecule has 72 valence electrons. The SMILES string of the molecule is C=CCN(CCOC)S(N)(=O)=O. The Bertz CT molecular complexity index is 225. The van der Waals surface area contributed by atoms with Crippen molar-refractivity contribution >= 4 is 10.2 Å². The zero-order valence-corrected chi connectivity index (χ0v) is 7.88. The number of nitrogens with two attached hydrogens (primary N) is 1. The summed E-state index contributed by atoms with van der Waals surface area (Å²) in [6.07, 6.45) is 1.47. The maximum atomic E-state index is 10.8. The molecule has 12 heavy (non-hydrogen) atoms. The van der Waals surface area contributed by atoms with E-state index in [1.807, 2.05) is 0 Å². The highest BCUT2D eigenvalue weighted by Gasteiger charge is 2.14. The third-order valence-corrected chi connectivity index (χ3v) is 2.29. The van der Waals surface area contributed by atoms with Crippen LogP contribution in [0, 0.1) is 0 Å². The van der Waals surface area contributed by atoms with Crippen molar-refractivity contribution in [1.29, 1.82) is 0 Å². The van der Waals surface area contributed by atoms with E-state index in [1.54, 1.807) is 0 Å². The van der Waals surface area contributed by atoms with E-state index in [-0.39, 0.29) is 13.1 Å². The van der Waals surface area contributed by atoms with E-state index in [9.17, 15) is 8.42 Å². The maximum Gasteiger partial charge on any atom is 0.277 e. The van der Waals surface area contributed by atoms with Gasteiger partial charge in [0.1, 0.15) is 0 Å². The van der Waals surface area contributed by atoms with Crippen molar-refractivity contribution in [3.8, 4) is 0 Å². The van der Waals surface area contributed by atoms with Crippen molar-refractivity contribution in [1.82, 2.24) is 4.31 Å². The monoisotopic (exact) mass is 194 g/mol. The van der Waals surface area contributed by atoms with Crippen molar-refractivity contribution in [2.24, 2.45) is 5.14 Å². The number of methoxy groups -OCH3 is 1. The Kier molecular flexibility index (Phi) is 5.07. The van der Waals surface area contributed by atoms with E-state index >= 15 is 0 Å². The summed E-state index contributed by atoms with van der Waals surface area (Å²) in [5.41, 5.74) is 0. The Labute approximate surface area is 73.0 Å². The lowest BCUT2D eigenvalue weighted by molar-refractivity contribution is 0.182. The molecule has 0 rings (SSSR count). The van der Waals surface area contributed by atoms with E-state index in [0.717, 1.165) is 4.31 Å². The van der Waals surface area contributed by atoms with Crippen molar-refractivity contribution < 1.29 is 13.2 Å². The van der Waals surface area contributed by atoms with Crippen LogP contribution in [-0.4, -0.2) is 39.5 Å². The van der Waals surface area contributed by atoms with Gasteiger partial charge in [-0.25, -0.2) is 5.14 Å². The third-order valence-electron chi connectivity index (χ3n) is 1.24. The minimum Gasteiger partial charge on any atom is -0.383 e. The zero-order chi connectivity index (χ0) is 9.61. The fraction of sp³-hybridized carbons (Fsp3) is 0.667. The van der Waals surface area contributed by atoms with E-state index in [0.29, 0.717) is 6.61 Å².